The predicted molar refractivity (Wildman–Crippen MR) is 220 cm³/mol. The first kappa shape index (κ1) is 42.1. The van der Waals surface area contributed by atoms with Crippen LogP contribution in [-0.2, 0) is 35.1 Å². The lowest BCUT2D eigenvalue weighted by molar-refractivity contribution is -0.162. The third kappa shape index (κ3) is 8.63. The number of benzene rings is 1. The van der Waals surface area contributed by atoms with Gasteiger partial charge >= 0.3 is 11.9 Å². The highest BCUT2D eigenvalue weighted by Crippen LogP contribution is 2.57. The van der Waals surface area contributed by atoms with Gasteiger partial charge in [-0.05, 0) is 48.6 Å². The Morgan fingerprint density at radius 2 is 1.81 bits per heavy atom. The first-order chi connectivity index (χ1) is 27.5. The van der Waals surface area contributed by atoms with E-state index in [1.54, 1.807) is 29.5 Å². The van der Waals surface area contributed by atoms with E-state index in [1.807, 2.05) is 32.2 Å². The molecule has 3 aromatic rings. The van der Waals surface area contributed by atoms with Crippen LogP contribution in [0.3, 0.4) is 0 Å². The van der Waals surface area contributed by atoms with E-state index in [9.17, 15) is 24.3 Å². The molecule has 2 aromatic heterocycles. The second-order valence-corrected chi connectivity index (χ2v) is 19.3. The molecular weight excluding hydrogens is 782 g/mol. The number of esters is 1. The molecule has 58 heavy (non-hydrogen) atoms. The van der Waals surface area contributed by atoms with Crippen LogP contribution in [0.2, 0.25) is 5.02 Å². The van der Waals surface area contributed by atoms with E-state index in [1.165, 1.54) is 12.0 Å². The van der Waals surface area contributed by atoms with Crippen molar-refractivity contribution in [2.24, 2.45) is 28.6 Å². The largest absolute Gasteiger partial charge is 0.495 e. The number of amides is 1. The summed E-state index contributed by atoms with van der Waals surface area (Å²) in [5, 5.41) is 14.0. The number of aromatic nitrogens is 2. The van der Waals surface area contributed by atoms with Crippen LogP contribution >= 0.6 is 22.9 Å². The Balaban J connectivity index is 1.20. The number of thiazole rings is 1. The number of hydrogen-bond donors (Lipinski definition) is 1. The van der Waals surface area contributed by atoms with Crippen molar-refractivity contribution in [2.75, 3.05) is 13.7 Å². The Labute approximate surface area is 348 Å². The number of allylic oxidation sites excluding steroid dienone is 1. The third-order valence-electron chi connectivity index (χ3n) is 12.3. The summed E-state index contributed by atoms with van der Waals surface area (Å²) >= 11 is 8.40. The molecule has 7 rings (SSSR count). The van der Waals surface area contributed by atoms with Gasteiger partial charge in [0, 0.05) is 48.9 Å². The molecule has 3 saturated heterocycles. The van der Waals surface area contributed by atoms with Crippen LogP contribution in [0.15, 0.2) is 36.2 Å². The zero-order chi connectivity index (χ0) is 41.7. The summed E-state index contributed by atoms with van der Waals surface area (Å²) in [5.41, 5.74) is -0.300. The number of fused-ring (bicyclic) bond motifs is 3. The molecule has 3 aliphatic heterocycles. The van der Waals surface area contributed by atoms with Crippen molar-refractivity contribution < 1.29 is 43.2 Å². The quantitative estimate of drug-likeness (QED) is 0.117. The predicted octanol–water partition coefficient (Wildman–Crippen LogP) is 8.11. The van der Waals surface area contributed by atoms with Crippen molar-refractivity contribution in [3.05, 3.63) is 46.3 Å². The van der Waals surface area contributed by atoms with Crippen LogP contribution < -0.4 is 9.47 Å². The molecular formula is C44H54ClN3O9S. The summed E-state index contributed by atoms with van der Waals surface area (Å²) in [6, 6.07) is 4.35. The van der Waals surface area contributed by atoms with Gasteiger partial charge in [0.15, 0.2) is 5.78 Å². The van der Waals surface area contributed by atoms with Crippen LogP contribution in [0.1, 0.15) is 91.0 Å². The molecule has 1 amide bonds. The normalized spacial score (nSPS) is 27.1. The molecule has 8 atom stereocenters. The van der Waals surface area contributed by atoms with Crippen LogP contribution in [0, 0.1) is 28.6 Å². The highest BCUT2D eigenvalue weighted by molar-refractivity contribution is 7.09. The molecule has 0 radical (unpaired) electrons. The zero-order valence-electron chi connectivity index (χ0n) is 34.1. The van der Waals surface area contributed by atoms with E-state index >= 15 is 0 Å². The lowest BCUT2D eigenvalue weighted by Crippen LogP contribution is -2.48. The van der Waals surface area contributed by atoms with Crippen molar-refractivity contribution in [1.29, 1.82) is 0 Å². The van der Waals surface area contributed by atoms with Crippen LogP contribution in [0.5, 0.6) is 11.5 Å². The lowest BCUT2D eigenvalue weighted by Gasteiger charge is -2.35. The molecule has 2 bridgehead atoms. The average Bonchev–Trinajstić information content (AvgIpc) is 3.42. The number of carboxylic acids is 1. The number of nitrogens with zero attached hydrogens (tertiary/aromatic N) is 3. The molecule has 2 unspecified atom stereocenters. The molecule has 1 saturated carbocycles. The monoisotopic (exact) mass is 835 g/mol. The Kier molecular flexibility index (Phi) is 12.0. The molecule has 4 fully saturated rings. The molecule has 4 aliphatic rings. The number of hydrogen-bond acceptors (Lipinski definition) is 11. The minimum atomic E-state index is -1.27. The number of ether oxygens (including phenoxy) is 4. The van der Waals surface area contributed by atoms with E-state index in [-0.39, 0.29) is 61.7 Å². The molecule has 12 nitrogen and oxygen atoms in total. The molecule has 5 heterocycles. The fraction of sp³-hybridized carbons (Fsp3) is 0.591. The number of halogens is 1. The Bertz CT molecular complexity index is 2090. The summed E-state index contributed by atoms with van der Waals surface area (Å²) in [6.45, 7) is 13.8. The van der Waals surface area contributed by atoms with Crippen molar-refractivity contribution in [1.82, 2.24) is 14.9 Å². The van der Waals surface area contributed by atoms with Crippen LogP contribution in [-0.4, -0.2) is 87.7 Å². The van der Waals surface area contributed by atoms with Gasteiger partial charge in [0.05, 0.1) is 71.6 Å². The van der Waals surface area contributed by atoms with Gasteiger partial charge in [0.25, 0.3) is 0 Å². The second-order valence-electron chi connectivity index (χ2n) is 18.0. The highest BCUT2D eigenvalue weighted by Gasteiger charge is 2.61. The molecule has 312 valence electrons. The average molecular weight is 836 g/mol. The standard InChI is InChI=1S/C44H54ClN3O9S/c1-8-24-19-44(24,42(52)53)20-34(49)33-16-28(21-48(33)41(51)30(43(4,5)6)17-38(50)57-27-14-25-9-10-26(15-27)55-25)56-36-18-31(32-22-58-37(46-32)13-23(2)3)47-40-29(36)11-12-35(54-7)39(40)45/h8,11-12,18,22-28,30,33H,1,9-10,13-17,19-21H2,2-7H3,(H,52,53)/t24?,25-,26+,27?,28-,30-,33+,44-/m1/s1. The SMILES string of the molecule is C=CC1C[C@]1(CC(=O)[C@@H]1C[C@@H](Oc2cc(-c3csc(CC(C)C)n3)nc3c(Cl)c(OC)ccc23)CN1C(=O)[C@@H](CC(=O)OC1C[C@H]2CC[C@@H](C1)O2)C(C)(C)C)C(=O)O. The molecule has 1 N–H and O–H groups in total. The van der Waals surface area contributed by atoms with E-state index in [4.69, 9.17) is 40.5 Å². The van der Waals surface area contributed by atoms with Gasteiger partial charge in [-0.25, -0.2) is 9.97 Å². The number of Topliss-reactive ketones (excluding diaryl/α,β-unsaturated/α-hetero) is 1. The number of ketones is 1. The van der Waals surface area contributed by atoms with Gasteiger partial charge in [0.2, 0.25) is 5.91 Å². The summed E-state index contributed by atoms with van der Waals surface area (Å²) in [7, 11) is 1.53. The summed E-state index contributed by atoms with van der Waals surface area (Å²) < 4.78 is 24.2. The van der Waals surface area contributed by atoms with Crippen molar-refractivity contribution in [3.63, 3.8) is 0 Å². The maximum atomic E-state index is 14.8. The lowest BCUT2D eigenvalue weighted by atomic mass is 9.77. The Morgan fingerprint density at radius 3 is 2.43 bits per heavy atom. The van der Waals surface area contributed by atoms with E-state index in [2.05, 4.69) is 20.4 Å². The minimum absolute atomic E-state index is 0.0312. The first-order valence-corrected chi connectivity index (χ1v) is 21.6. The maximum Gasteiger partial charge on any atom is 0.310 e. The van der Waals surface area contributed by atoms with E-state index in [0.717, 1.165) is 24.3 Å². The number of carboxylic acid groups (broad SMARTS) is 1. The third-order valence-corrected chi connectivity index (χ3v) is 13.5. The summed E-state index contributed by atoms with van der Waals surface area (Å²) in [6.07, 6.45) is 4.80. The minimum Gasteiger partial charge on any atom is -0.495 e. The van der Waals surface area contributed by atoms with Gasteiger partial charge in [-0.15, -0.1) is 17.9 Å². The topological polar surface area (TPSA) is 154 Å². The van der Waals surface area contributed by atoms with Gasteiger partial charge in [-0.3, -0.25) is 19.2 Å². The van der Waals surface area contributed by atoms with Gasteiger partial charge in [-0.2, -0.15) is 0 Å². The Hall–Kier alpha value is -4.07. The molecule has 1 aromatic carbocycles. The zero-order valence-corrected chi connectivity index (χ0v) is 35.7. The van der Waals surface area contributed by atoms with Crippen molar-refractivity contribution in [3.8, 4) is 22.9 Å². The molecule has 1 aliphatic carbocycles. The number of likely N-dealkylation sites (tertiary alicyclic amines) is 1. The van der Waals surface area contributed by atoms with Gasteiger partial charge in [-0.1, -0.05) is 52.3 Å². The number of carbonyl (C=O) groups is 4. The fourth-order valence-electron chi connectivity index (χ4n) is 8.94. The molecule has 0 spiro atoms. The maximum absolute atomic E-state index is 14.8. The number of rotatable bonds is 15. The van der Waals surface area contributed by atoms with Crippen molar-refractivity contribution in [2.45, 2.75) is 123 Å². The summed E-state index contributed by atoms with van der Waals surface area (Å²) in [4.78, 5) is 66.5. The number of methoxy groups -OCH3 is 1. The van der Waals surface area contributed by atoms with Crippen LogP contribution in [0.25, 0.3) is 22.3 Å². The smallest absolute Gasteiger partial charge is 0.310 e. The van der Waals surface area contributed by atoms with Crippen molar-refractivity contribution >= 4 is 57.5 Å². The highest BCUT2D eigenvalue weighted by atomic mass is 35.5. The van der Waals surface area contributed by atoms with E-state index in [0.29, 0.717) is 64.0 Å². The van der Waals surface area contributed by atoms with Gasteiger partial charge in [0.1, 0.15) is 28.7 Å². The fourth-order valence-corrected chi connectivity index (χ4v) is 10.2. The number of carbonyl (C=O) groups excluding carboxylic acids is 3. The second kappa shape index (κ2) is 16.5. The number of aliphatic carboxylic acids is 1. The van der Waals surface area contributed by atoms with Crippen LogP contribution in [0.4, 0.5) is 0 Å². The first-order valence-electron chi connectivity index (χ1n) is 20.3. The summed E-state index contributed by atoms with van der Waals surface area (Å²) in [5.74, 6) is -2.16. The number of pyridine rings is 1. The Morgan fingerprint density at radius 1 is 1.09 bits per heavy atom. The van der Waals surface area contributed by atoms with Gasteiger partial charge < -0.3 is 29.0 Å². The van der Waals surface area contributed by atoms with E-state index < -0.39 is 40.8 Å². The molecule has 14 heteroatoms.